The van der Waals surface area contributed by atoms with Crippen molar-refractivity contribution in [1.82, 2.24) is 5.32 Å². The van der Waals surface area contributed by atoms with E-state index in [0.717, 1.165) is 29.8 Å². The van der Waals surface area contributed by atoms with Crippen molar-refractivity contribution < 1.29 is 14.6 Å². The molecule has 0 saturated carbocycles. The number of hydrogen-bond donors (Lipinski definition) is 3. The highest BCUT2D eigenvalue weighted by Gasteiger charge is 2.55. The zero-order valence-corrected chi connectivity index (χ0v) is 12.8. The maximum atomic E-state index is 12.8. The average Bonchev–Trinajstić information content (AvgIpc) is 3.12. The number of phenols is 1. The van der Waals surface area contributed by atoms with Crippen LogP contribution in [-0.4, -0.2) is 24.7 Å². The molecule has 0 radical (unpaired) electrons. The summed E-state index contributed by atoms with van der Waals surface area (Å²) in [6.07, 6.45) is 0.740. The topological polar surface area (TPSA) is 70.6 Å². The van der Waals surface area contributed by atoms with Crippen LogP contribution in [0, 0.1) is 0 Å². The maximum absolute atomic E-state index is 12.8. The van der Waals surface area contributed by atoms with Crippen molar-refractivity contribution >= 4 is 11.6 Å². The maximum Gasteiger partial charge on any atom is 0.237 e. The number of amides is 1. The highest BCUT2D eigenvalue weighted by molar-refractivity contribution is 6.07. The lowest BCUT2D eigenvalue weighted by atomic mass is 9.73. The van der Waals surface area contributed by atoms with Crippen LogP contribution in [0.2, 0.25) is 0 Å². The lowest BCUT2D eigenvalue weighted by Gasteiger charge is -2.29. The molecule has 118 valence electrons. The molecule has 5 nitrogen and oxygen atoms in total. The molecule has 1 amide bonds. The summed E-state index contributed by atoms with van der Waals surface area (Å²) in [6, 6.07) is 13.0. The van der Waals surface area contributed by atoms with Crippen LogP contribution >= 0.6 is 0 Å². The monoisotopic (exact) mass is 310 g/mol. The smallest absolute Gasteiger partial charge is 0.237 e. The van der Waals surface area contributed by atoms with Gasteiger partial charge in [-0.1, -0.05) is 24.3 Å². The number of para-hydroxylation sites is 1. The Kier molecular flexibility index (Phi) is 3.06. The minimum atomic E-state index is -0.613. The largest absolute Gasteiger partial charge is 0.504 e. The number of ether oxygens (including phenoxy) is 1. The van der Waals surface area contributed by atoms with Crippen molar-refractivity contribution in [2.45, 2.75) is 17.9 Å². The summed E-state index contributed by atoms with van der Waals surface area (Å²) in [6.45, 7) is 0.760. The Labute approximate surface area is 134 Å². The first-order valence-electron chi connectivity index (χ1n) is 7.68. The predicted octanol–water partition coefficient (Wildman–Crippen LogP) is 2.33. The molecule has 23 heavy (non-hydrogen) atoms. The van der Waals surface area contributed by atoms with E-state index in [2.05, 4.69) is 10.6 Å². The number of anilines is 1. The summed E-state index contributed by atoms with van der Waals surface area (Å²) in [5, 5.41) is 16.3. The third-order valence-electron chi connectivity index (χ3n) is 4.96. The molecule has 4 rings (SSSR count). The first-order chi connectivity index (χ1) is 11.2. The van der Waals surface area contributed by atoms with E-state index in [4.69, 9.17) is 4.74 Å². The molecule has 0 aliphatic carbocycles. The Bertz CT molecular complexity index is 790. The summed E-state index contributed by atoms with van der Waals surface area (Å²) in [5.41, 5.74) is 2.24. The first-order valence-corrected chi connectivity index (χ1v) is 7.68. The Morgan fingerprint density at radius 1 is 1.26 bits per heavy atom. The fraction of sp³-hybridized carbons (Fsp3) is 0.278. The van der Waals surface area contributed by atoms with Gasteiger partial charge in [-0.15, -0.1) is 0 Å². The Morgan fingerprint density at radius 3 is 2.91 bits per heavy atom. The number of fused-ring (bicyclic) bond motifs is 2. The third kappa shape index (κ3) is 1.86. The molecular weight excluding hydrogens is 292 g/mol. The van der Waals surface area contributed by atoms with E-state index in [9.17, 15) is 9.90 Å². The second kappa shape index (κ2) is 4.99. The summed E-state index contributed by atoms with van der Waals surface area (Å²) in [5.74, 6) is 0.540. The van der Waals surface area contributed by atoms with Crippen LogP contribution in [0.15, 0.2) is 42.5 Å². The van der Waals surface area contributed by atoms with Crippen LogP contribution in [0.4, 0.5) is 5.69 Å². The van der Waals surface area contributed by atoms with E-state index >= 15 is 0 Å². The summed E-state index contributed by atoms with van der Waals surface area (Å²) < 4.78 is 5.21. The van der Waals surface area contributed by atoms with Crippen LogP contribution in [0.5, 0.6) is 11.5 Å². The van der Waals surface area contributed by atoms with Crippen LogP contribution in [0.25, 0.3) is 0 Å². The van der Waals surface area contributed by atoms with E-state index in [1.165, 1.54) is 7.11 Å². The molecule has 2 atom stereocenters. The molecule has 1 saturated heterocycles. The van der Waals surface area contributed by atoms with Crippen molar-refractivity contribution in [3.63, 3.8) is 0 Å². The van der Waals surface area contributed by atoms with Gasteiger partial charge in [-0.3, -0.25) is 4.79 Å². The molecule has 0 aromatic heterocycles. The number of aromatic hydroxyl groups is 1. The zero-order valence-electron chi connectivity index (χ0n) is 12.8. The van der Waals surface area contributed by atoms with Crippen LogP contribution in [0.1, 0.15) is 23.6 Å². The van der Waals surface area contributed by atoms with Gasteiger partial charge < -0.3 is 20.5 Å². The number of benzene rings is 2. The van der Waals surface area contributed by atoms with Crippen LogP contribution in [-0.2, 0) is 10.2 Å². The molecule has 3 N–H and O–H groups in total. The molecule has 0 bridgehead atoms. The van der Waals surface area contributed by atoms with Crippen LogP contribution < -0.4 is 15.4 Å². The minimum absolute atomic E-state index is 0.0285. The molecule has 2 aliphatic rings. The summed E-state index contributed by atoms with van der Waals surface area (Å²) >= 11 is 0. The van der Waals surface area contributed by atoms with E-state index in [1.807, 2.05) is 30.3 Å². The average molecular weight is 310 g/mol. The standard InChI is InChI=1S/C18H18N2O3/c1-23-15-10-11(6-7-14(15)21)16-18(8-9-19-16)12-4-2-3-5-13(12)20-17(18)22/h2-7,10,16,19,21H,8-9H2,1H3,(H,20,22)/t16-,18-/m0/s1. The minimum Gasteiger partial charge on any atom is -0.504 e. The highest BCUT2D eigenvalue weighted by atomic mass is 16.5. The number of nitrogens with one attached hydrogen (secondary N) is 2. The zero-order chi connectivity index (χ0) is 16.0. The van der Waals surface area contributed by atoms with Gasteiger partial charge in [-0.2, -0.15) is 0 Å². The second-order valence-electron chi connectivity index (χ2n) is 6.04. The van der Waals surface area contributed by atoms with Gasteiger partial charge >= 0.3 is 0 Å². The number of carbonyl (C=O) groups is 1. The van der Waals surface area contributed by atoms with E-state index in [0.29, 0.717) is 5.75 Å². The molecule has 2 aromatic rings. The molecule has 2 aromatic carbocycles. The van der Waals surface area contributed by atoms with Crippen molar-refractivity contribution in [3.05, 3.63) is 53.6 Å². The second-order valence-corrected chi connectivity index (χ2v) is 6.04. The van der Waals surface area contributed by atoms with Crippen molar-refractivity contribution in [1.29, 1.82) is 0 Å². The van der Waals surface area contributed by atoms with Gasteiger partial charge in [0.1, 0.15) is 0 Å². The summed E-state index contributed by atoms with van der Waals surface area (Å²) in [4.78, 5) is 12.8. The normalized spacial score (nSPS) is 25.4. The van der Waals surface area contributed by atoms with Gasteiger partial charge in [0.2, 0.25) is 5.91 Å². The molecule has 2 heterocycles. The number of hydrogen-bond acceptors (Lipinski definition) is 4. The summed E-state index contributed by atoms with van der Waals surface area (Å²) in [7, 11) is 1.52. The fourth-order valence-corrected chi connectivity index (χ4v) is 3.88. The SMILES string of the molecule is COc1cc([C@@H]2NCC[C@@]23C(=O)Nc2ccccc23)ccc1O. The third-order valence-corrected chi connectivity index (χ3v) is 4.96. The van der Waals surface area contributed by atoms with Gasteiger partial charge in [0, 0.05) is 5.69 Å². The Hall–Kier alpha value is -2.53. The quantitative estimate of drug-likeness (QED) is 0.796. The molecule has 0 unspecified atom stereocenters. The molecule has 2 aliphatic heterocycles. The van der Waals surface area contributed by atoms with E-state index in [1.54, 1.807) is 12.1 Å². The van der Waals surface area contributed by atoms with Gasteiger partial charge in [0.15, 0.2) is 11.5 Å². The lowest BCUT2D eigenvalue weighted by Crippen LogP contribution is -2.39. The first kappa shape index (κ1) is 14.1. The molecular formula is C18H18N2O3. The molecule has 5 heteroatoms. The van der Waals surface area contributed by atoms with Gasteiger partial charge in [-0.25, -0.2) is 0 Å². The molecule has 1 spiro atoms. The lowest BCUT2D eigenvalue weighted by molar-refractivity contribution is -0.121. The van der Waals surface area contributed by atoms with Crippen molar-refractivity contribution in [2.75, 3.05) is 19.0 Å². The van der Waals surface area contributed by atoms with Gasteiger partial charge in [0.05, 0.1) is 18.6 Å². The predicted molar refractivity (Wildman–Crippen MR) is 86.8 cm³/mol. The Morgan fingerprint density at radius 2 is 2.09 bits per heavy atom. The van der Waals surface area contributed by atoms with Crippen molar-refractivity contribution in [2.24, 2.45) is 0 Å². The van der Waals surface area contributed by atoms with Gasteiger partial charge in [0.25, 0.3) is 0 Å². The highest BCUT2D eigenvalue weighted by Crippen LogP contribution is 2.51. The van der Waals surface area contributed by atoms with E-state index in [-0.39, 0.29) is 17.7 Å². The Balaban J connectivity index is 1.85. The molecule has 1 fully saturated rings. The van der Waals surface area contributed by atoms with Crippen molar-refractivity contribution in [3.8, 4) is 11.5 Å². The number of methoxy groups -OCH3 is 1. The van der Waals surface area contributed by atoms with E-state index < -0.39 is 5.41 Å². The number of phenolic OH excluding ortho intramolecular Hbond substituents is 1. The van der Waals surface area contributed by atoms with Crippen LogP contribution in [0.3, 0.4) is 0 Å². The number of carbonyl (C=O) groups excluding carboxylic acids is 1. The fourth-order valence-electron chi connectivity index (χ4n) is 3.88. The van der Waals surface area contributed by atoms with Gasteiger partial charge in [-0.05, 0) is 42.3 Å². The number of rotatable bonds is 2.